The van der Waals surface area contributed by atoms with E-state index in [0.29, 0.717) is 14.5 Å². The number of halogens is 5. The molecule has 80 valence electrons. The van der Waals surface area contributed by atoms with Crippen LogP contribution in [0.1, 0.15) is 5.56 Å². The van der Waals surface area contributed by atoms with E-state index in [-0.39, 0.29) is 5.52 Å². The molecule has 0 spiro atoms. The van der Waals surface area contributed by atoms with Crippen LogP contribution >= 0.6 is 31.9 Å². The minimum atomic E-state index is -4.36. The molecule has 15 heavy (non-hydrogen) atoms. The first-order chi connectivity index (χ1) is 6.89. The van der Waals surface area contributed by atoms with Gasteiger partial charge in [0.25, 0.3) is 0 Å². The van der Waals surface area contributed by atoms with Gasteiger partial charge in [0, 0.05) is 9.86 Å². The summed E-state index contributed by atoms with van der Waals surface area (Å²) in [7, 11) is 0. The lowest BCUT2D eigenvalue weighted by molar-refractivity contribution is -0.137. The zero-order valence-electron chi connectivity index (χ0n) is 6.99. The SMILES string of the molecule is FC(F)(F)c1cc(Br)c2c(Br)[nH]nc2c1. The second kappa shape index (κ2) is 3.48. The quantitative estimate of drug-likeness (QED) is 0.766. The third kappa shape index (κ3) is 1.90. The molecule has 1 aromatic carbocycles. The van der Waals surface area contributed by atoms with Gasteiger partial charge in [0.05, 0.1) is 11.1 Å². The molecule has 0 saturated carbocycles. The molecule has 0 aliphatic rings. The average Bonchev–Trinajstić information content (AvgIpc) is 2.46. The van der Waals surface area contributed by atoms with Gasteiger partial charge in [0.15, 0.2) is 0 Å². The summed E-state index contributed by atoms with van der Waals surface area (Å²) in [6.45, 7) is 0. The highest BCUT2D eigenvalue weighted by molar-refractivity contribution is 9.11. The number of aromatic amines is 1. The maximum atomic E-state index is 12.4. The lowest BCUT2D eigenvalue weighted by Gasteiger charge is -2.06. The highest BCUT2D eigenvalue weighted by atomic mass is 79.9. The van der Waals surface area contributed by atoms with Crippen molar-refractivity contribution in [3.63, 3.8) is 0 Å². The minimum Gasteiger partial charge on any atom is -0.270 e. The summed E-state index contributed by atoms with van der Waals surface area (Å²) in [4.78, 5) is 0. The second-order valence-electron chi connectivity index (χ2n) is 2.89. The molecule has 0 saturated heterocycles. The van der Waals surface area contributed by atoms with Crippen LogP contribution in [0.3, 0.4) is 0 Å². The van der Waals surface area contributed by atoms with E-state index in [2.05, 4.69) is 42.1 Å². The van der Waals surface area contributed by atoms with Crippen molar-refractivity contribution >= 4 is 42.8 Å². The number of alkyl halides is 3. The summed E-state index contributed by atoms with van der Waals surface area (Å²) in [6.07, 6.45) is -4.36. The largest absolute Gasteiger partial charge is 0.416 e. The standard InChI is InChI=1S/C8H3Br2F3N2/c9-4-1-3(8(11,12)13)2-5-6(4)7(10)15-14-5/h1-2H,(H,14,15). The van der Waals surface area contributed by atoms with E-state index in [1.165, 1.54) is 0 Å². The lowest BCUT2D eigenvalue weighted by atomic mass is 10.1. The molecule has 0 atom stereocenters. The Kier molecular flexibility index (Phi) is 2.54. The topological polar surface area (TPSA) is 28.7 Å². The van der Waals surface area contributed by atoms with Crippen LogP contribution < -0.4 is 0 Å². The molecule has 2 nitrogen and oxygen atoms in total. The van der Waals surface area contributed by atoms with Gasteiger partial charge in [-0.25, -0.2) is 0 Å². The van der Waals surface area contributed by atoms with Crippen LogP contribution in [0.2, 0.25) is 0 Å². The third-order valence-electron chi connectivity index (χ3n) is 1.89. The molecule has 0 bridgehead atoms. The number of benzene rings is 1. The van der Waals surface area contributed by atoms with Crippen LogP contribution in [0.5, 0.6) is 0 Å². The lowest BCUT2D eigenvalue weighted by Crippen LogP contribution is -2.04. The predicted molar refractivity (Wildman–Crippen MR) is 56.5 cm³/mol. The van der Waals surface area contributed by atoms with Crippen LogP contribution in [0.4, 0.5) is 13.2 Å². The Hall–Kier alpha value is -0.560. The Morgan fingerprint density at radius 2 is 1.87 bits per heavy atom. The summed E-state index contributed by atoms with van der Waals surface area (Å²) in [5.41, 5.74) is -0.454. The van der Waals surface area contributed by atoms with Crippen molar-refractivity contribution in [1.82, 2.24) is 10.2 Å². The summed E-state index contributed by atoms with van der Waals surface area (Å²) in [5.74, 6) is 0. The molecule has 0 unspecified atom stereocenters. The Morgan fingerprint density at radius 1 is 1.20 bits per heavy atom. The van der Waals surface area contributed by atoms with Gasteiger partial charge in [-0.3, -0.25) is 5.10 Å². The van der Waals surface area contributed by atoms with Gasteiger partial charge >= 0.3 is 6.18 Å². The third-order valence-corrected chi connectivity index (χ3v) is 3.09. The van der Waals surface area contributed by atoms with Gasteiger partial charge in [-0.05, 0) is 44.0 Å². The van der Waals surface area contributed by atoms with Gasteiger partial charge in [-0.2, -0.15) is 18.3 Å². The predicted octanol–water partition coefficient (Wildman–Crippen LogP) is 4.11. The van der Waals surface area contributed by atoms with Gasteiger partial charge in [-0.1, -0.05) is 0 Å². The molecule has 1 aromatic heterocycles. The molecule has 0 fully saturated rings. The van der Waals surface area contributed by atoms with Crippen LogP contribution in [0.25, 0.3) is 10.9 Å². The fraction of sp³-hybridized carbons (Fsp3) is 0.125. The number of nitrogens with zero attached hydrogens (tertiary/aromatic N) is 1. The Balaban J connectivity index is 2.74. The molecule has 0 amide bonds. The normalized spacial score (nSPS) is 12.3. The minimum absolute atomic E-state index is 0.267. The number of nitrogens with one attached hydrogen (secondary N) is 1. The van der Waals surface area contributed by atoms with Gasteiger partial charge in [-0.15, -0.1) is 0 Å². The van der Waals surface area contributed by atoms with Crippen LogP contribution in [0, 0.1) is 0 Å². The van der Waals surface area contributed by atoms with E-state index >= 15 is 0 Å². The van der Waals surface area contributed by atoms with E-state index in [9.17, 15) is 13.2 Å². The summed E-state index contributed by atoms with van der Waals surface area (Å²) in [5, 5.41) is 6.92. The second-order valence-corrected chi connectivity index (χ2v) is 4.53. The van der Waals surface area contributed by atoms with Crippen molar-refractivity contribution in [2.75, 3.05) is 0 Å². The van der Waals surface area contributed by atoms with Gasteiger partial charge < -0.3 is 0 Å². The number of hydrogen-bond acceptors (Lipinski definition) is 1. The van der Waals surface area contributed by atoms with Crippen molar-refractivity contribution in [2.45, 2.75) is 6.18 Å². The number of H-pyrrole nitrogens is 1. The maximum absolute atomic E-state index is 12.4. The number of rotatable bonds is 0. The van der Waals surface area contributed by atoms with E-state index < -0.39 is 11.7 Å². The van der Waals surface area contributed by atoms with Crippen LogP contribution in [-0.4, -0.2) is 10.2 Å². The first kappa shape index (κ1) is 10.9. The zero-order chi connectivity index (χ0) is 11.2. The highest BCUT2D eigenvalue weighted by Crippen LogP contribution is 2.36. The molecular formula is C8H3Br2F3N2. The van der Waals surface area contributed by atoms with Crippen LogP contribution in [-0.2, 0) is 6.18 Å². The molecule has 2 rings (SSSR count). The van der Waals surface area contributed by atoms with E-state index in [1.54, 1.807) is 0 Å². The number of aromatic nitrogens is 2. The maximum Gasteiger partial charge on any atom is 0.416 e. The van der Waals surface area contributed by atoms with Gasteiger partial charge in [0.1, 0.15) is 4.60 Å². The average molecular weight is 344 g/mol. The first-order valence-corrected chi connectivity index (χ1v) is 5.38. The monoisotopic (exact) mass is 342 g/mol. The fourth-order valence-corrected chi connectivity index (χ4v) is 2.65. The molecule has 1 heterocycles. The summed E-state index contributed by atoms with van der Waals surface area (Å²) >= 11 is 6.24. The van der Waals surface area contributed by atoms with Crippen molar-refractivity contribution in [3.05, 3.63) is 26.8 Å². The van der Waals surface area contributed by atoms with Crippen LogP contribution in [0.15, 0.2) is 21.2 Å². The molecule has 0 radical (unpaired) electrons. The Labute approximate surface area is 99.1 Å². The van der Waals surface area contributed by atoms with Crippen molar-refractivity contribution in [3.8, 4) is 0 Å². The number of hydrogen-bond donors (Lipinski definition) is 1. The molecule has 2 aromatic rings. The molecule has 7 heteroatoms. The van der Waals surface area contributed by atoms with E-state index in [1.807, 2.05) is 0 Å². The Morgan fingerprint density at radius 3 is 2.47 bits per heavy atom. The highest BCUT2D eigenvalue weighted by Gasteiger charge is 2.31. The van der Waals surface area contributed by atoms with Gasteiger partial charge in [0.2, 0.25) is 0 Å². The van der Waals surface area contributed by atoms with Crippen molar-refractivity contribution < 1.29 is 13.2 Å². The van der Waals surface area contributed by atoms with E-state index in [0.717, 1.165) is 12.1 Å². The number of fused-ring (bicyclic) bond motifs is 1. The summed E-state index contributed by atoms with van der Waals surface area (Å²) in [6, 6.07) is 2.03. The molecule has 1 N–H and O–H groups in total. The Bertz CT molecular complexity index is 518. The van der Waals surface area contributed by atoms with Crippen molar-refractivity contribution in [2.24, 2.45) is 0 Å². The zero-order valence-corrected chi connectivity index (χ0v) is 10.2. The smallest absolute Gasteiger partial charge is 0.270 e. The summed E-state index contributed by atoms with van der Waals surface area (Å²) < 4.78 is 38.2. The molecule has 0 aliphatic heterocycles. The van der Waals surface area contributed by atoms with E-state index in [4.69, 9.17) is 0 Å². The first-order valence-electron chi connectivity index (χ1n) is 3.80. The fourth-order valence-electron chi connectivity index (χ4n) is 1.23. The van der Waals surface area contributed by atoms with Crippen molar-refractivity contribution in [1.29, 1.82) is 0 Å². The molecular weight excluding hydrogens is 341 g/mol. The molecule has 0 aliphatic carbocycles.